The Balaban J connectivity index is 1.76. The monoisotopic (exact) mass is 331 g/mol. The van der Waals surface area contributed by atoms with Crippen LogP contribution in [0.15, 0.2) is 22.8 Å². The van der Waals surface area contributed by atoms with Crippen LogP contribution in [0.4, 0.5) is 0 Å². The molecule has 1 fully saturated rings. The summed E-state index contributed by atoms with van der Waals surface area (Å²) in [6.45, 7) is 1.10. The van der Waals surface area contributed by atoms with Crippen molar-refractivity contribution >= 4 is 11.6 Å². The van der Waals surface area contributed by atoms with Crippen molar-refractivity contribution < 1.29 is 0 Å². The molecule has 1 aromatic rings. The lowest BCUT2D eigenvalue weighted by Gasteiger charge is -2.33. The van der Waals surface area contributed by atoms with Gasteiger partial charge in [0.15, 0.2) is 0 Å². The molecule has 0 radical (unpaired) electrons. The first-order chi connectivity index (χ1) is 11.3. The summed E-state index contributed by atoms with van der Waals surface area (Å²) in [4.78, 5) is 0. The number of nitrogens with zero attached hydrogens (tertiary/aromatic N) is 3. The Kier molecular flexibility index (Phi) is 4.31. The molecule has 0 spiro atoms. The highest BCUT2D eigenvalue weighted by Gasteiger charge is 2.43. The molecular formula is C19H26ClN3. The van der Waals surface area contributed by atoms with Gasteiger partial charge >= 0.3 is 0 Å². The van der Waals surface area contributed by atoms with Crippen molar-refractivity contribution in [2.75, 3.05) is 0 Å². The molecule has 1 aliphatic heterocycles. The van der Waals surface area contributed by atoms with Gasteiger partial charge in [-0.05, 0) is 44.6 Å². The standard InChI is InChI=1S/C19H26ClN3/c20-16-10-8-15(9-11-16)19(12-4-5-13-19)18-22-21-17-7-3-1-2-6-14-23(17)18/h8,10H,1-7,9,11-14H2. The van der Waals surface area contributed by atoms with Crippen LogP contribution in [0.1, 0.15) is 75.9 Å². The zero-order valence-corrected chi connectivity index (χ0v) is 14.6. The van der Waals surface area contributed by atoms with E-state index >= 15 is 0 Å². The second kappa shape index (κ2) is 6.43. The highest BCUT2D eigenvalue weighted by Crippen LogP contribution is 2.49. The minimum Gasteiger partial charge on any atom is -0.314 e. The fraction of sp³-hybridized carbons (Fsp3) is 0.684. The van der Waals surface area contributed by atoms with Gasteiger partial charge in [-0.15, -0.1) is 10.2 Å². The second-order valence-electron chi connectivity index (χ2n) is 7.35. The van der Waals surface area contributed by atoms with E-state index in [1.54, 1.807) is 0 Å². The molecule has 0 N–H and O–H groups in total. The topological polar surface area (TPSA) is 30.7 Å². The van der Waals surface area contributed by atoms with Gasteiger partial charge in [0.25, 0.3) is 0 Å². The number of allylic oxidation sites excluding steroid dienone is 4. The van der Waals surface area contributed by atoms with Crippen LogP contribution in [0.2, 0.25) is 0 Å². The molecule has 0 atom stereocenters. The van der Waals surface area contributed by atoms with E-state index in [0.29, 0.717) is 0 Å². The summed E-state index contributed by atoms with van der Waals surface area (Å²) < 4.78 is 2.48. The average molecular weight is 332 g/mol. The number of aryl methyl sites for hydroxylation is 1. The van der Waals surface area contributed by atoms with Gasteiger partial charge in [-0.25, -0.2) is 0 Å². The number of rotatable bonds is 2. The van der Waals surface area contributed by atoms with E-state index in [1.165, 1.54) is 68.6 Å². The molecule has 124 valence electrons. The van der Waals surface area contributed by atoms with Crippen LogP contribution >= 0.6 is 11.6 Å². The first-order valence-electron chi connectivity index (χ1n) is 9.28. The van der Waals surface area contributed by atoms with Gasteiger partial charge in [0.05, 0.1) is 5.41 Å². The Morgan fingerprint density at radius 1 is 0.870 bits per heavy atom. The predicted octanol–water partition coefficient (Wildman–Crippen LogP) is 5.05. The molecule has 2 aliphatic carbocycles. The van der Waals surface area contributed by atoms with Gasteiger partial charge in [-0.1, -0.05) is 48.9 Å². The van der Waals surface area contributed by atoms with Crippen molar-refractivity contribution in [1.29, 1.82) is 0 Å². The first-order valence-corrected chi connectivity index (χ1v) is 9.66. The Morgan fingerprint density at radius 3 is 2.48 bits per heavy atom. The average Bonchev–Trinajstić information content (AvgIpc) is 3.16. The molecule has 1 saturated carbocycles. The fourth-order valence-electron chi connectivity index (χ4n) is 4.69. The van der Waals surface area contributed by atoms with Crippen molar-refractivity contribution in [3.05, 3.63) is 34.4 Å². The fourth-order valence-corrected chi connectivity index (χ4v) is 4.85. The Labute approximate surface area is 143 Å². The Hall–Kier alpha value is -1.09. The maximum Gasteiger partial charge on any atom is 0.143 e. The van der Waals surface area contributed by atoms with E-state index < -0.39 is 0 Å². The van der Waals surface area contributed by atoms with Crippen LogP contribution < -0.4 is 0 Å². The molecule has 0 amide bonds. The lowest BCUT2D eigenvalue weighted by molar-refractivity contribution is 0.421. The number of hydrogen-bond donors (Lipinski definition) is 0. The van der Waals surface area contributed by atoms with Gasteiger partial charge in [-0.3, -0.25) is 0 Å². The third-order valence-electron chi connectivity index (χ3n) is 5.96. The largest absolute Gasteiger partial charge is 0.314 e. The minimum atomic E-state index is 0.124. The zero-order valence-electron chi connectivity index (χ0n) is 13.9. The maximum atomic E-state index is 6.20. The van der Waals surface area contributed by atoms with Crippen LogP contribution in [-0.4, -0.2) is 14.8 Å². The zero-order chi connectivity index (χ0) is 15.7. The minimum absolute atomic E-state index is 0.124. The van der Waals surface area contributed by atoms with E-state index in [0.717, 1.165) is 30.8 Å². The Bertz CT molecular complexity index is 635. The number of fused-ring (bicyclic) bond motifs is 1. The molecular weight excluding hydrogens is 306 g/mol. The molecule has 3 nitrogen and oxygen atoms in total. The summed E-state index contributed by atoms with van der Waals surface area (Å²) in [7, 11) is 0. The van der Waals surface area contributed by atoms with E-state index in [4.69, 9.17) is 16.7 Å². The molecule has 4 heteroatoms. The lowest BCUT2D eigenvalue weighted by Crippen LogP contribution is -2.31. The highest BCUT2D eigenvalue weighted by molar-refractivity contribution is 6.29. The summed E-state index contributed by atoms with van der Waals surface area (Å²) in [5.74, 6) is 2.47. The molecule has 0 bridgehead atoms. The molecule has 1 aromatic heterocycles. The van der Waals surface area contributed by atoms with Gasteiger partial charge in [0, 0.05) is 18.0 Å². The molecule has 23 heavy (non-hydrogen) atoms. The van der Waals surface area contributed by atoms with Crippen LogP contribution in [0.25, 0.3) is 0 Å². The van der Waals surface area contributed by atoms with Crippen molar-refractivity contribution in [2.45, 2.75) is 82.6 Å². The summed E-state index contributed by atoms with van der Waals surface area (Å²) in [6, 6.07) is 0. The smallest absolute Gasteiger partial charge is 0.143 e. The quantitative estimate of drug-likeness (QED) is 0.759. The lowest BCUT2D eigenvalue weighted by atomic mass is 9.74. The summed E-state index contributed by atoms with van der Waals surface area (Å²) in [5.41, 5.74) is 1.66. The second-order valence-corrected chi connectivity index (χ2v) is 7.84. The number of aromatic nitrogens is 3. The van der Waals surface area contributed by atoms with E-state index in [2.05, 4.69) is 21.8 Å². The summed E-state index contributed by atoms with van der Waals surface area (Å²) >= 11 is 6.20. The van der Waals surface area contributed by atoms with Gasteiger partial charge in [0.1, 0.15) is 11.6 Å². The highest BCUT2D eigenvalue weighted by atomic mass is 35.5. The third-order valence-corrected chi connectivity index (χ3v) is 6.27. The van der Waals surface area contributed by atoms with Crippen molar-refractivity contribution in [3.63, 3.8) is 0 Å². The van der Waals surface area contributed by atoms with Crippen LogP contribution in [0.3, 0.4) is 0 Å². The predicted molar refractivity (Wildman–Crippen MR) is 93.6 cm³/mol. The molecule has 0 unspecified atom stereocenters. The van der Waals surface area contributed by atoms with E-state index in [-0.39, 0.29) is 5.41 Å². The van der Waals surface area contributed by atoms with Crippen LogP contribution in [0, 0.1) is 0 Å². The van der Waals surface area contributed by atoms with E-state index in [9.17, 15) is 0 Å². The first kappa shape index (κ1) is 15.4. The third kappa shape index (κ3) is 2.77. The van der Waals surface area contributed by atoms with Crippen molar-refractivity contribution in [2.24, 2.45) is 0 Å². The van der Waals surface area contributed by atoms with Gasteiger partial charge in [0.2, 0.25) is 0 Å². The number of hydrogen-bond acceptors (Lipinski definition) is 2. The van der Waals surface area contributed by atoms with Crippen LogP contribution in [0.5, 0.6) is 0 Å². The van der Waals surface area contributed by atoms with E-state index in [1.807, 2.05) is 0 Å². The van der Waals surface area contributed by atoms with Gasteiger partial charge < -0.3 is 4.57 Å². The van der Waals surface area contributed by atoms with Crippen molar-refractivity contribution in [3.8, 4) is 0 Å². The van der Waals surface area contributed by atoms with Crippen molar-refractivity contribution in [1.82, 2.24) is 14.8 Å². The molecule has 0 saturated heterocycles. The summed E-state index contributed by atoms with van der Waals surface area (Å²) in [6.07, 6.45) is 17.8. The SMILES string of the molecule is ClC1=CC=C(C2(c3nnc4n3CCCCCC4)CCCC2)CC1. The molecule has 0 aromatic carbocycles. The Morgan fingerprint density at radius 2 is 1.70 bits per heavy atom. The van der Waals surface area contributed by atoms with Crippen LogP contribution in [-0.2, 0) is 18.4 Å². The normalized spacial score (nSPS) is 24.4. The number of halogens is 1. The molecule has 2 heterocycles. The summed E-state index contributed by atoms with van der Waals surface area (Å²) in [5, 5.41) is 10.3. The maximum absolute atomic E-state index is 6.20. The molecule has 3 aliphatic rings. The van der Waals surface area contributed by atoms with Gasteiger partial charge in [-0.2, -0.15) is 0 Å². The molecule has 4 rings (SSSR count).